The maximum atomic E-state index is 12.5. The van der Waals surface area contributed by atoms with E-state index in [1.165, 1.54) is 22.7 Å². The van der Waals surface area contributed by atoms with Crippen LogP contribution in [0.15, 0.2) is 152 Å². The van der Waals surface area contributed by atoms with Gasteiger partial charge in [0.05, 0.1) is 73.7 Å². The molecule has 0 fully saturated rings. The van der Waals surface area contributed by atoms with Gasteiger partial charge < -0.3 is 50.9 Å². The van der Waals surface area contributed by atoms with E-state index in [0.717, 1.165) is 78.9 Å². The number of ether oxygens (including phenoxy) is 2. The summed E-state index contributed by atoms with van der Waals surface area (Å²) in [5.74, 6) is 5.14. The van der Waals surface area contributed by atoms with Gasteiger partial charge in [-0.25, -0.2) is 24.9 Å². The molecule has 0 radical (unpaired) electrons. The summed E-state index contributed by atoms with van der Waals surface area (Å²) in [5, 5.41) is 24.4. The van der Waals surface area contributed by atoms with E-state index in [-0.39, 0.29) is 28.3 Å². The first-order valence-corrected chi connectivity index (χ1v) is 37.8. The average molecular weight is 1480 g/mol. The van der Waals surface area contributed by atoms with Gasteiger partial charge in [0.2, 0.25) is 0 Å². The SMILES string of the molecule is CC(C)C.CC(C)C.CC(C)C.CC(C)C.CC(C)Nc1nc(-c2cc(=O)c3ccc(OCC(C)(C)N)cc3[nH]2)cs1.CC(C)Nc1nc(-c2cc(=O)c3ccc(OCC(C)(C)O)cc3[nH]2)cs1.Cc1ccc2c(=O)cc(-c3cncc(C)n3)[nH]c2c1.Cc1ccc2c(=O)cc(-c3nccc(C)n3)[nH]c2c1. The highest BCUT2D eigenvalue weighted by Crippen LogP contribution is 2.29. The fourth-order valence-corrected chi connectivity index (χ4v) is 10.7. The van der Waals surface area contributed by atoms with Crippen LogP contribution in [0.25, 0.3) is 89.3 Å². The number of nitrogens with one attached hydrogen (secondary N) is 6. The van der Waals surface area contributed by atoms with Crippen LogP contribution in [0.4, 0.5) is 10.3 Å². The summed E-state index contributed by atoms with van der Waals surface area (Å²) in [6.45, 7) is 49.7. The van der Waals surface area contributed by atoms with Crippen LogP contribution in [0.3, 0.4) is 0 Å². The summed E-state index contributed by atoms with van der Waals surface area (Å²) in [5.41, 5.74) is 16.2. The maximum absolute atomic E-state index is 12.5. The van der Waals surface area contributed by atoms with Gasteiger partial charge in [0.1, 0.15) is 30.4 Å². The number of pyridine rings is 4. The molecule has 9 N–H and O–H groups in total. The van der Waals surface area contributed by atoms with E-state index in [1.807, 2.05) is 115 Å². The predicted molar refractivity (Wildman–Crippen MR) is 447 cm³/mol. The van der Waals surface area contributed by atoms with Crippen molar-refractivity contribution >= 4 is 76.5 Å². The minimum atomic E-state index is -0.926. The molecule has 0 amide bonds. The van der Waals surface area contributed by atoms with Gasteiger partial charge in [0, 0.05) is 104 Å². The molecule has 0 bridgehead atoms. The Morgan fingerprint density at radius 3 is 1.17 bits per heavy atom. The zero-order valence-electron chi connectivity index (χ0n) is 66.6. The molecular weight excluding hydrogens is 1370 g/mol. The number of benzene rings is 4. The number of rotatable bonds is 14. The molecule has 12 rings (SSSR count). The van der Waals surface area contributed by atoms with Crippen LogP contribution >= 0.6 is 22.7 Å². The van der Waals surface area contributed by atoms with E-state index < -0.39 is 11.1 Å². The molecule has 22 heteroatoms. The van der Waals surface area contributed by atoms with Crippen molar-refractivity contribution in [2.75, 3.05) is 23.8 Å². The van der Waals surface area contributed by atoms with E-state index in [4.69, 9.17) is 15.2 Å². The number of aromatic amines is 4. The Morgan fingerprint density at radius 2 is 0.802 bits per heavy atom. The number of aromatic nitrogens is 10. The van der Waals surface area contributed by atoms with E-state index >= 15 is 0 Å². The number of nitrogens with zero attached hydrogens (tertiary/aromatic N) is 6. The number of fused-ring (bicyclic) bond motifs is 4. The molecule has 0 saturated heterocycles. The zero-order valence-corrected chi connectivity index (χ0v) is 68.2. The van der Waals surface area contributed by atoms with Gasteiger partial charge >= 0.3 is 0 Å². The summed E-state index contributed by atoms with van der Waals surface area (Å²) < 4.78 is 11.4. The normalized spacial score (nSPS) is 11.1. The summed E-state index contributed by atoms with van der Waals surface area (Å²) in [6, 6.07) is 30.8. The van der Waals surface area contributed by atoms with Gasteiger partial charge in [0.15, 0.2) is 37.8 Å². The molecule has 0 unspecified atom stereocenters. The van der Waals surface area contributed by atoms with Crippen molar-refractivity contribution in [2.24, 2.45) is 29.4 Å². The molecule has 0 saturated carbocycles. The second kappa shape index (κ2) is 40.7. The molecule has 568 valence electrons. The molecule has 8 heterocycles. The van der Waals surface area contributed by atoms with Crippen molar-refractivity contribution in [1.29, 1.82) is 0 Å². The van der Waals surface area contributed by atoms with Gasteiger partial charge in [-0.1, -0.05) is 95.2 Å². The van der Waals surface area contributed by atoms with Crippen molar-refractivity contribution in [1.82, 2.24) is 49.8 Å². The number of aliphatic hydroxyl groups is 1. The first-order chi connectivity index (χ1) is 49.6. The highest BCUT2D eigenvalue weighted by atomic mass is 32.1. The van der Waals surface area contributed by atoms with Crippen LogP contribution in [0.1, 0.15) is 161 Å². The number of anilines is 2. The van der Waals surface area contributed by atoms with E-state index in [9.17, 15) is 24.3 Å². The van der Waals surface area contributed by atoms with Crippen molar-refractivity contribution < 1.29 is 14.6 Å². The van der Waals surface area contributed by atoms with Crippen LogP contribution < -0.4 is 47.6 Å². The predicted octanol–water partition coefficient (Wildman–Crippen LogP) is 19.1. The lowest BCUT2D eigenvalue weighted by Gasteiger charge is -2.19. The Bertz CT molecular complexity index is 4680. The average Bonchev–Trinajstić information content (AvgIpc) is 1.24. The van der Waals surface area contributed by atoms with Gasteiger partial charge in [0.25, 0.3) is 0 Å². The highest BCUT2D eigenvalue weighted by molar-refractivity contribution is 7.14. The molecular formula is C84H113N13O7S2. The smallest absolute Gasteiger partial charge is 0.190 e. The van der Waals surface area contributed by atoms with Crippen LogP contribution in [0, 0.1) is 51.4 Å². The van der Waals surface area contributed by atoms with E-state index in [1.54, 1.807) is 87.0 Å². The third kappa shape index (κ3) is 30.4. The summed E-state index contributed by atoms with van der Waals surface area (Å²) in [6.07, 6.45) is 5.03. The van der Waals surface area contributed by atoms with Crippen molar-refractivity contribution in [2.45, 2.75) is 189 Å². The Morgan fingerprint density at radius 1 is 0.443 bits per heavy atom. The number of hydrogen-bond donors (Lipinski definition) is 8. The zero-order chi connectivity index (χ0) is 78.9. The molecule has 20 nitrogen and oxygen atoms in total. The number of aryl methyl sites for hydroxylation is 4. The van der Waals surface area contributed by atoms with Crippen molar-refractivity contribution in [3.05, 3.63) is 196 Å². The first kappa shape index (κ1) is 86.9. The Labute approximate surface area is 633 Å². The fourth-order valence-electron chi connectivity index (χ4n) is 9.03. The maximum Gasteiger partial charge on any atom is 0.190 e. The molecule has 12 aromatic rings. The second-order valence-electron chi connectivity index (χ2n) is 30.7. The number of hydrogen-bond acceptors (Lipinski definition) is 18. The number of H-pyrrole nitrogens is 4. The van der Waals surface area contributed by atoms with Crippen LogP contribution in [0.5, 0.6) is 11.5 Å². The van der Waals surface area contributed by atoms with Crippen LogP contribution in [-0.2, 0) is 0 Å². The minimum absolute atomic E-state index is 0.00736. The quantitative estimate of drug-likeness (QED) is 0.0502. The number of thiazole rings is 2. The van der Waals surface area contributed by atoms with Gasteiger partial charge in [-0.15, -0.1) is 22.7 Å². The van der Waals surface area contributed by atoms with E-state index in [2.05, 4.69) is 157 Å². The van der Waals surface area contributed by atoms with Gasteiger partial charge in [-0.05, 0) is 172 Å². The highest BCUT2D eigenvalue weighted by Gasteiger charge is 2.17. The lowest BCUT2D eigenvalue weighted by molar-refractivity contribution is 0.0285. The van der Waals surface area contributed by atoms with Crippen molar-refractivity contribution in [3.8, 4) is 57.2 Å². The molecule has 0 aliphatic heterocycles. The van der Waals surface area contributed by atoms with Crippen LogP contribution in [-0.4, -0.2) is 91.4 Å². The lowest BCUT2D eigenvalue weighted by Crippen LogP contribution is -2.38. The van der Waals surface area contributed by atoms with Crippen LogP contribution in [0.2, 0.25) is 0 Å². The molecule has 0 aliphatic carbocycles. The van der Waals surface area contributed by atoms with Crippen molar-refractivity contribution in [3.63, 3.8) is 0 Å². The molecule has 0 aliphatic rings. The molecule has 0 spiro atoms. The summed E-state index contributed by atoms with van der Waals surface area (Å²) >= 11 is 3.02. The van der Waals surface area contributed by atoms with Gasteiger partial charge in [-0.2, -0.15) is 0 Å². The topological polar surface area (TPSA) is 298 Å². The molecule has 8 aromatic heterocycles. The third-order valence-electron chi connectivity index (χ3n) is 13.2. The monoisotopic (exact) mass is 1480 g/mol. The standard InChI is InChI=1S/C19H24N4O2S.C19H23N3O3S.2C15H13N3O.4C4H10/c1-11(2)21-18-23-16(9-26-18)15-8-17(24)13-6-5-12(7-14(13)22-15)25-10-19(3,4)20;1-11(2)20-18-22-16(9-26-18)15-8-17(23)13-6-5-12(7-14(13)21-15)25-10-19(3,4)24;1-9-3-4-11-12(5-9)18-13(6-15(11)19)14-8-16-7-10(2)17-14;1-9-3-4-11-12(7-9)18-13(8-14(11)19)15-16-6-5-10(2)17-15;4*1-4(2)3/h5-9,11H,10,20H2,1-4H3,(H,21,23)(H,22,24);5-9,11,24H,10H2,1-4H3,(H,20,22)(H,21,23);2*3-8H,1-2H3,(H,18,19);4*4H,1-3H3. The first-order valence-electron chi connectivity index (χ1n) is 36.0. The molecule has 0 atom stereocenters. The summed E-state index contributed by atoms with van der Waals surface area (Å²) in [4.78, 5) is 88.2. The molecule has 106 heavy (non-hydrogen) atoms. The Hall–Kier alpha value is -9.74. The van der Waals surface area contributed by atoms with Gasteiger partial charge in [-0.3, -0.25) is 24.2 Å². The lowest BCUT2D eigenvalue weighted by atomic mass is 10.1. The molecule has 4 aromatic carbocycles. The second-order valence-corrected chi connectivity index (χ2v) is 32.5. The summed E-state index contributed by atoms with van der Waals surface area (Å²) in [7, 11) is 0. The third-order valence-corrected chi connectivity index (χ3v) is 14.8. The fraction of sp³-hybridized carbons (Fsp3) is 0.405. The Kier molecular flexibility index (Phi) is 33.3. The Balaban J connectivity index is 0.000000238. The minimum Gasteiger partial charge on any atom is -0.492 e. The van der Waals surface area contributed by atoms with E-state index in [0.29, 0.717) is 97.1 Å². The largest absolute Gasteiger partial charge is 0.492 e. The number of nitrogens with two attached hydrogens (primary N) is 1.